The average molecular weight is 399 g/mol. The van der Waals surface area contributed by atoms with Gasteiger partial charge in [-0.3, -0.25) is 4.18 Å². The van der Waals surface area contributed by atoms with Crippen molar-refractivity contribution in [3.05, 3.63) is 48.0 Å². The van der Waals surface area contributed by atoms with E-state index in [9.17, 15) is 8.42 Å². The highest BCUT2D eigenvalue weighted by Crippen LogP contribution is 2.23. The van der Waals surface area contributed by atoms with E-state index in [-0.39, 0.29) is 17.3 Å². The number of sulfone groups is 1. The second-order valence-corrected chi connectivity index (χ2v) is 7.70. The molecule has 0 saturated carbocycles. The Morgan fingerprint density at radius 2 is 1.77 bits per heavy atom. The summed E-state index contributed by atoms with van der Waals surface area (Å²) >= 11 is 0.326. The Morgan fingerprint density at radius 1 is 1.12 bits per heavy atom. The minimum absolute atomic E-state index is 0.132. The van der Waals surface area contributed by atoms with Gasteiger partial charge in [0.05, 0.1) is 28.6 Å². The summed E-state index contributed by atoms with van der Waals surface area (Å²) in [6.07, 6.45) is 0. The fraction of sp³-hybridized carbons (Fsp3) is 0.200. The Labute approximate surface area is 155 Å². The van der Waals surface area contributed by atoms with Gasteiger partial charge in [-0.05, 0) is 55.0 Å². The highest BCUT2D eigenvalue weighted by molar-refractivity contribution is 7.91. The Kier molecular flexibility index (Phi) is 7.50. The molecule has 0 aliphatic rings. The second kappa shape index (κ2) is 9.62. The van der Waals surface area contributed by atoms with Crippen LogP contribution in [0.25, 0.3) is 0 Å². The van der Waals surface area contributed by atoms with Gasteiger partial charge >= 0.3 is 0 Å². The fourth-order valence-electron chi connectivity index (χ4n) is 1.89. The molecule has 2 aromatic carbocycles. The van der Waals surface area contributed by atoms with E-state index in [0.29, 0.717) is 29.4 Å². The van der Waals surface area contributed by atoms with Crippen LogP contribution < -0.4 is 5.73 Å². The Hall–Kier alpha value is -2.02. The van der Waals surface area contributed by atoms with Crippen LogP contribution in [0.4, 0.5) is 17.1 Å². The molecule has 0 aliphatic heterocycles. The van der Waals surface area contributed by atoms with Crippen molar-refractivity contribution in [1.29, 1.82) is 0 Å². The molecule has 0 aromatic heterocycles. The molecule has 2 rings (SSSR count). The van der Waals surface area contributed by atoms with Gasteiger partial charge in [-0.2, -0.15) is 10.2 Å². The lowest BCUT2D eigenvalue weighted by molar-refractivity contribution is -0.434. The van der Waals surface area contributed by atoms with E-state index in [1.54, 1.807) is 30.3 Å². The first-order chi connectivity index (χ1) is 12.4. The van der Waals surface area contributed by atoms with Crippen LogP contribution >= 0.6 is 12.3 Å². The van der Waals surface area contributed by atoms with Crippen molar-refractivity contribution in [3.8, 4) is 0 Å². The number of benzene rings is 2. The molecule has 0 saturated heterocycles. The van der Waals surface area contributed by atoms with Crippen molar-refractivity contribution in [2.75, 3.05) is 18.1 Å². The summed E-state index contributed by atoms with van der Waals surface area (Å²) in [5.41, 5.74) is 8.49. The van der Waals surface area contributed by atoms with Gasteiger partial charge in [0.2, 0.25) is 0 Å². The first-order valence-electron chi connectivity index (χ1n) is 7.29. The molecular weight excluding hydrogens is 382 g/mol. The van der Waals surface area contributed by atoms with E-state index in [1.807, 2.05) is 6.92 Å². The Balaban J connectivity index is 1.98. The summed E-state index contributed by atoms with van der Waals surface area (Å²) in [7, 11) is -3.53. The number of azo groups is 1. The number of rotatable bonds is 9. The third kappa shape index (κ3) is 6.05. The third-order valence-corrected chi connectivity index (χ3v) is 5.35. The first kappa shape index (κ1) is 20.3. The van der Waals surface area contributed by atoms with E-state index >= 15 is 0 Å². The lowest BCUT2D eigenvalue weighted by Crippen LogP contribution is -2.10. The lowest BCUT2D eigenvalue weighted by atomic mass is 10.2. The molecule has 9 nitrogen and oxygen atoms in total. The zero-order valence-corrected chi connectivity index (χ0v) is 15.4. The molecule has 26 heavy (non-hydrogen) atoms. The van der Waals surface area contributed by atoms with Crippen LogP contribution in [0.15, 0.2) is 57.6 Å². The quantitative estimate of drug-likeness (QED) is 0.163. The van der Waals surface area contributed by atoms with Gasteiger partial charge in [-0.15, -0.1) is 4.33 Å². The minimum atomic E-state index is -3.53. The molecule has 0 fully saturated rings. The summed E-state index contributed by atoms with van der Waals surface area (Å²) in [6.45, 7) is 1.73. The van der Waals surface area contributed by atoms with Gasteiger partial charge in [-0.25, -0.2) is 13.7 Å². The maximum atomic E-state index is 12.1. The molecule has 0 radical (unpaired) electrons. The standard InChI is InChI=1S/C15H17N3O6S2/c1-11-10-13(4-7-15(11)16)18-17-12-2-5-14(6-3-12)26(20,21)9-8-22-25-24-23-19/h2-7,10,19H,8-9,16H2,1H3. The van der Waals surface area contributed by atoms with Gasteiger partial charge in [0, 0.05) is 5.69 Å². The van der Waals surface area contributed by atoms with Crippen LogP contribution in [0.3, 0.4) is 0 Å². The van der Waals surface area contributed by atoms with Crippen LogP contribution in [-0.2, 0) is 23.4 Å². The lowest BCUT2D eigenvalue weighted by Gasteiger charge is -2.04. The number of nitrogens with zero attached hydrogens (tertiary/aromatic N) is 2. The second-order valence-electron chi connectivity index (χ2n) is 5.09. The zero-order valence-electron chi connectivity index (χ0n) is 13.7. The summed E-state index contributed by atoms with van der Waals surface area (Å²) in [5.74, 6) is -0.264. The van der Waals surface area contributed by atoms with Crippen molar-refractivity contribution < 1.29 is 27.2 Å². The van der Waals surface area contributed by atoms with Crippen molar-refractivity contribution in [2.24, 2.45) is 10.2 Å². The van der Waals surface area contributed by atoms with Gasteiger partial charge in [-0.1, -0.05) is 5.04 Å². The van der Waals surface area contributed by atoms with Crippen LogP contribution in [-0.4, -0.2) is 26.0 Å². The summed E-state index contributed by atoms with van der Waals surface area (Å²) in [4.78, 5) is 0.132. The van der Waals surface area contributed by atoms with Gasteiger partial charge in [0.25, 0.3) is 0 Å². The number of nitrogen functional groups attached to an aromatic ring is 1. The SMILES string of the molecule is Cc1cc(N=Nc2ccc(S(=O)(=O)CCOSOOO)cc2)ccc1N. The highest BCUT2D eigenvalue weighted by atomic mass is 32.2. The Bertz CT molecular complexity index is 856. The first-order valence-corrected chi connectivity index (χ1v) is 9.61. The van der Waals surface area contributed by atoms with Crippen molar-refractivity contribution in [2.45, 2.75) is 11.8 Å². The summed E-state index contributed by atoms with van der Waals surface area (Å²) < 4.78 is 33.0. The van der Waals surface area contributed by atoms with E-state index in [0.717, 1.165) is 5.56 Å². The summed E-state index contributed by atoms with van der Waals surface area (Å²) in [5, 5.41) is 19.4. The molecule has 0 aliphatic carbocycles. The molecular formula is C15H17N3O6S2. The van der Waals surface area contributed by atoms with Crippen molar-refractivity contribution >= 4 is 39.2 Å². The highest BCUT2D eigenvalue weighted by Gasteiger charge is 2.14. The van der Waals surface area contributed by atoms with Crippen LogP contribution in [0.2, 0.25) is 0 Å². The molecule has 0 bridgehead atoms. The molecule has 0 unspecified atom stereocenters. The fourth-order valence-corrected chi connectivity index (χ4v) is 3.30. The summed E-state index contributed by atoms with van der Waals surface area (Å²) in [6, 6.07) is 11.3. The Morgan fingerprint density at radius 3 is 2.42 bits per heavy atom. The molecule has 3 N–H and O–H groups in total. The van der Waals surface area contributed by atoms with E-state index < -0.39 is 9.84 Å². The normalized spacial score (nSPS) is 11.9. The van der Waals surface area contributed by atoms with Crippen molar-refractivity contribution in [3.63, 3.8) is 0 Å². The number of nitrogens with two attached hydrogens (primary N) is 1. The number of hydrogen-bond acceptors (Lipinski definition) is 10. The van der Waals surface area contributed by atoms with Crippen LogP contribution in [0, 0.1) is 6.92 Å². The number of aryl methyl sites for hydroxylation is 1. The zero-order chi connectivity index (χ0) is 19.0. The van der Waals surface area contributed by atoms with E-state index in [2.05, 4.69) is 19.6 Å². The van der Waals surface area contributed by atoms with Crippen LogP contribution in [0.5, 0.6) is 0 Å². The predicted molar refractivity (Wildman–Crippen MR) is 96.6 cm³/mol. The van der Waals surface area contributed by atoms with Gasteiger partial charge < -0.3 is 5.73 Å². The molecule has 0 amide bonds. The number of hydrogen-bond donors (Lipinski definition) is 2. The molecule has 140 valence electrons. The maximum absolute atomic E-state index is 12.1. The largest absolute Gasteiger partial charge is 0.399 e. The molecule has 2 aromatic rings. The maximum Gasteiger partial charge on any atom is 0.197 e. The van der Waals surface area contributed by atoms with Crippen molar-refractivity contribution in [1.82, 2.24) is 0 Å². The minimum Gasteiger partial charge on any atom is -0.399 e. The van der Waals surface area contributed by atoms with E-state index in [1.165, 1.54) is 12.1 Å². The predicted octanol–water partition coefficient (Wildman–Crippen LogP) is 3.77. The van der Waals surface area contributed by atoms with Gasteiger partial charge in [0.1, 0.15) is 0 Å². The molecule has 0 atom stereocenters. The molecule has 0 spiro atoms. The molecule has 0 heterocycles. The van der Waals surface area contributed by atoms with Crippen LogP contribution in [0.1, 0.15) is 5.56 Å². The monoisotopic (exact) mass is 399 g/mol. The third-order valence-electron chi connectivity index (χ3n) is 3.27. The molecule has 11 heteroatoms. The topological polar surface area (TPSA) is 133 Å². The number of anilines is 1. The average Bonchev–Trinajstić information content (AvgIpc) is 2.63. The van der Waals surface area contributed by atoms with Gasteiger partial charge in [0.15, 0.2) is 22.2 Å². The smallest absolute Gasteiger partial charge is 0.197 e. The van der Waals surface area contributed by atoms with E-state index in [4.69, 9.17) is 15.2 Å².